The lowest BCUT2D eigenvalue weighted by atomic mass is 9.95. The molecule has 0 radical (unpaired) electrons. The zero-order chi connectivity index (χ0) is 22.7. The van der Waals surface area contributed by atoms with Crippen molar-refractivity contribution < 1.29 is 19.4 Å². The summed E-state index contributed by atoms with van der Waals surface area (Å²) in [5.41, 5.74) is 1.11. The van der Waals surface area contributed by atoms with E-state index in [0.717, 1.165) is 12.8 Å². The van der Waals surface area contributed by atoms with Crippen LogP contribution in [0.4, 0.5) is 5.13 Å². The number of nitrogens with zero attached hydrogens (tertiary/aromatic N) is 3. The monoisotopic (exact) mass is 449 g/mol. The molecular formula is C24H23N3O4S. The molecule has 2 aromatic carbocycles. The van der Waals surface area contributed by atoms with Crippen LogP contribution in [-0.2, 0) is 9.59 Å². The van der Waals surface area contributed by atoms with Crippen LogP contribution >= 0.6 is 11.3 Å². The van der Waals surface area contributed by atoms with Crippen LogP contribution in [0.1, 0.15) is 41.9 Å². The molecule has 8 heteroatoms. The summed E-state index contributed by atoms with van der Waals surface area (Å²) in [7, 11) is 0. The quantitative estimate of drug-likeness (QED) is 0.244. The summed E-state index contributed by atoms with van der Waals surface area (Å²) in [6.07, 6.45) is 1.92. The Bertz CT molecular complexity index is 1170. The maximum Gasteiger partial charge on any atom is 0.301 e. The second-order valence-electron chi connectivity index (χ2n) is 7.41. The van der Waals surface area contributed by atoms with Gasteiger partial charge in [0.05, 0.1) is 18.2 Å². The number of hydrogen-bond donors (Lipinski definition) is 1. The van der Waals surface area contributed by atoms with E-state index in [0.29, 0.717) is 33.6 Å². The first-order valence-corrected chi connectivity index (χ1v) is 11.2. The molecule has 1 fully saturated rings. The van der Waals surface area contributed by atoms with Crippen molar-refractivity contribution in [3.8, 4) is 5.75 Å². The second kappa shape index (κ2) is 9.32. The Morgan fingerprint density at radius 1 is 1.12 bits per heavy atom. The van der Waals surface area contributed by atoms with Crippen LogP contribution in [-0.4, -0.2) is 33.6 Å². The molecule has 1 atom stereocenters. The summed E-state index contributed by atoms with van der Waals surface area (Å²) >= 11 is 1.21. The van der Waals surface area contributed by atoms with Crippen molar-refractivity contribution in [2.24, 2.45) is 0 Å². The molecule has 1 amide bonds. The summed E-state index contributed by atoms with van der Waals surface area (Å²) in [6.45, 7) is 4.43. The fourth-order valence-corrected chi connectivity index (χ4v) is 4.30. The number of aliphatic hydroxyl groups excluding tert-OH is 1. The summed E-state index contributed by atoms with van der Waals surface area (Å²) in [4.78, 5) is 27.5. The lowest BCUT2D eigenvalue weighted by Crippen LogP contribution is -2.29. The van der Waals surface area contributed by atoms with Crippen molar-refractivity contribution in [2.75, 3.05) is 11.5 Å². The molecule has 2 heterocycles. The predicted octanol–water partition coefficient (Wildman–Crippen LogP) is 4.65. The Balaban J connectivity index is 1.85. The lowest BCUT2D eigenvalue weighted by molar-refractivity contribution is -0.132. The molecule has 3 aromatic rings. The smallest absolute Gasteiger partial charge is 0.301 e. The first-order chi connectivity index (χ1) is 15.5. The number of ether oxygens (including phenoxy) is 1. The van der Waals surface area contributed by atoms with Crippen molar-refractivity contribution in [3.63, 3.8) is 0 Å². The van der Waals surface area contributed by atoms with Crippen molar-refractivity contribution >= 4 is 33.9 Å². The minimum absolute atomic E-state index is 0.0137. The van der Waals surface area contributed by atoms with Crippen LogP contribution in [0.25, 0.3) is 5.76 Å². The van der Waals surface area contributed by atoms with E-state index in [-0.39, 0.29) is 11.3 Å². The van der Waals surface area contributed by atoms with Crippen LogP contribution in [0.15, 0.2) is 60.2 Å². The molecular weight excluding hydrogens is 426 g/mol. The molecule has 1 N–H and O–H groups in total. The van der Waals surface area contributed by atoms with Gasteiger partial charge in [0.2, 0.25) is 5.13 Å². The first-order valence-electron chi connectivity index (χ1n) is 10.4. The van der Waals surface area contributed by atoms with E-state index < -0.39 is 17.7 Å². The summed E-state index contributed by atoms with van der Waals surface area (Å²) < 4.78 is 5.83. The van der Waals surface area contributed by atoms with E-state index in [1.54, 1.807) is 37.3 Å². The van der Waals surface area contributed by atoms with Gasteiger partial charge in [0, 0.05) is 5.56 Å². The highest BCUT2D eigenvalue weighted by Crippen LogP contribution is 2.43. The van der Waals surface area contributed by atoms with E-state index in [1.165, 1.54) is 16.2 Å². The van der Waals surface area contributed by atoms with Gasteiger partial charge in [-0.25, -0.2) is 0 Å². The van der Waals surface area contributed by atoms with Gasteiger partial charge in [0.25, 0.3) is 5.78 Å². The van der Waals surface area contributed by atoms with Crippen molar-refractivity contribution in [1.82, 2.24) is 10.2 Å². The van der Waals surface area contributed by atoms with E-state index in [1.807, 2.05) is 24.3 Å². The Morgan fingerprint density at radius 3 is 2.59 bits per heavy atom. The number of hydrogen-bond acceptors (Lipinski definition) is 7. The Labute approximate surface area is 190 Å². The molecule has 1 saturated heterocycles. The molecule has 164 valence electrons. The number of ketones is 1. The van der Waals surface area contributed by atoms with Crippen LogP contribution in [0.5, 0.6) is 5.75 Å². The summed E-state index contributed by atoms with van der Waals surface area (Å²) in [5.74, 6) is -1.10. The van der Waals surface area contributed by atoms with E-state index in [9.17, 15) is 14.7 Å². The highest BCUT2D eigenvalue weighted by molar-refractivity contribution is 7.15. The minimum Gasteiger partial charge on any atom is -0.507 e. The SMILES string of the molecule is CCCCOc1cccc(C2/C(=C(\O)c3ccccc3)C(=O)C(=O)N2c2nnc(C)s2)c1. The number of carbonyl (C=O) groups excluding carboxylic acids is 2. The molecule has 32 heavy (non-hydrogen) atoms. The van der Waals surface area contributed by atoms with Gasteiger partial charge in [-0.2, -0.15) is 0 Å². The van der Waals surface area contributed by atoms with Gasteiger partial charge in [-0.3, -0.25) is 14.5 Å². The van der Waals surface area contributed by atoms with Crippen molar-refractivity contribution in [2.45, 2.75) is 32.7 Å². The van der Waals surface area contributed by atoms with Crippen LogP contribution in [0.2, 0.25) is 0 Å². The Morgan fingerprint density at radius 2 is 1.91 bits per heavy atom. The standard InChI is InChI=1S/C24H23N3O4S/c1-3-4-13-31-18-12-8-11-17(14-18)20-19(21(28)16-9-6-5-7-10-16)22(29)23(30)27(20)24-26-25-15(2)32-24/h5-12,14,20,28H,3-4,13H2,1-2H3/b21-19+. The highest BCUT2D eigenvalue weighted by Gasteiger charge is 2.48. The normalized spacial score (nSPS) is 17.7. The number of aliphatic hydroxyl groups is 1. The van der Waals surface area contributed by atoms with Crippen molar-refractivity contribution in [3.05, 3.63) is 76.3 Å². The predicted molar refractivity (Wildman–Crippen MR) is 123 cm³/mol. The molecule has 0 aliphatic carbocycles. The molecule has 1 unspecified atom stereocenters. The second-order valence-corrected chi connectivity index (χ2v) is 8.57. The van der Waals surface area contributed by atoms with Gasteiger partial charge in [-0.05, 0) is 31.0 Å². The fraction of sp³-hybridized carbons (Fsp3) is 0.250. The van der Waals surface area contributed by atoms with Crippen molar-refractivity contribution in [1.29, 1.82) is 0 Å². The number of rotatable bonds is 7. The van der Waals surface area contributed by atoms with Gasteiger partial charge < -0.3 is 9.84 Å². The summed E-state index contributed by atoms with van der Waals surface area (Å²) in [6, 6.07) is 15.1. The zero-order valence-electron chi connectivity index (χ0n) is 17.8. The first kappa shape index (κ1) is 21.7. The molecule has 1 aliphatic heterocycles. The topological polar surface area (TPSA) is 92.6 Å². The van der Waals surface area contributed by atoms with Gasteiger partial charge in [-0.1, -0.05) is 67.1 Å². The third kappa shape index (κ3) is 4.13. The minimum atomic E-state index is -0.850. The molecule has 7 nitrogen and oxygen atoms in total. The summed E-state index contributed by atoms with van der Waals surface area (Å²) in [5, 5.41) is 20.1. The molecule has 0 bridgehead atoms. The molecule has 0 spiro atoms. The fourth-order valence-electron chi connectivity index (χ4n) is 3.59. The number of aromatic nitrogens is 2. The Kier molecular flexibility index (Phi) is 6.32. The maximum absolute atomic E-state index is 13.1. The number of amides is 1. The third-order valence-electron chi connectivity index (χ3n) is 5.15. The maximum atomic E-state index is 13.1. The average molecular weight is 450 g/mol. The Hall–Kier alpha value is -3.52. The molecule has 4 rings (SSSR count). The lowest BCUT2D eigenvalue weighted by Gasteiger charge is -2.23. The zero-order valence-corrected chi connectivity index (χ0v) is 18.6. The largest absolute Gasteiger partial charge is 0.507 e. The van der Waals surface area contributed by atoms with Gasteiger partial charge in [0.15, 0.2) is 0 Å². The van der Waals surface area contributed by atoms with E-state index >= 15 is 0 Å². The molecule has 1 aromatic heterocycles. The number of benzene rings is 2. The third-order valence-corrected chi connectivity index (χ3v) is 5.99. The average Bonchev–Trinajstić information content (AvgIpc) is 3.35. The van der Waals surface area contributed by atoms with Crippen LogP contribution in [0, 0.1) is 6.92 Å². The van der Waals surface area contributed by atoms with Crippen LogP contribution < -0.4 is 9.64 Å². The molecule has 1 aliphatic rings. The van der Waals surface area contributed by atoms with Crippen LogP contribution in [0.3, 0.4) is 0 Å². The molecule has 0 saturated carbocycles. The van der Waals surface area contributed by atoms with Gasteiger partial charge >= 0.3 is 5.91 Å². The number of aryl methyl sites for hydroxylation is 1. The van der Waals surface area contributed by atoms with E-state index in [2.05, 4.69) is 17.1 Å². The number of unbranched alkanes of at least 4 members (excludes halogenated alkanes) is 1. The number of carbonyl (C=O) groups is 2. The van der Waals surface area contributed by atoms with Gasteiger partial charge in [-0.15, -0.1) is 10.2 Å². The highest BCUT2D eigenvalue weighted by atomic mass is 32.1. The van der Waals surface area contributed by atoms with Gasteiger partial charge in [0.1, 0.15) is 16.5 Å². The van der Waals surface area contributed by atoms with E-state index in [4.69, 9.17) is 4.74 Å². The number of Topliss-reactive ketones (excluding diaryl/α,β-unsaturated/α-hetero) is 1. The number of anilines is 1.